The molecule has 0 unspecified atom stereocenters. The molecule has 0 saturated heterocycles. The number of aryl methyl sites for hydroxylation is 2. The summed E-state index contributed by atoms with van der Waals surface area (Å²) in [6, 6.07) is 12.4. The minimum atomic E-state index is -0.426. The average molecular weight is 321 g/mol. The minimum absolute atomic E-state index is 0.0120. The number of nitrogens with zero attached hydrogens (tertiary/aromatic N) is 3. The number of nitro groups is 1. The second-order valence-corrected chi connectivity index (χ2v) is 5.46. The van der Waals surface area contributed by atoms with Gasteiger partial charge >= 0.3 is 0 Å². The van der Waals surface area contributed by atoms with Crippen molar-refractivity contribution in [2.24, 2.45) is 0 Å². The molecular formula is C18H15N3O3. The summed E-state index contributed by atoms with van der Waals surface area (Å²) in [6.07, 6.45) is 3.19. The monoisotopic (exact) mass is 321 g/mol. The Morgan fingerprint density at radius 3 is 2.67 bits per heavy atom. The van der Waals surface area contributed by atoms with Gasteiger partial charge in [-0.25, -0.2) is 0 Å². The highest BCUT2D eigenvalue weighted by molar-refractivity contribution is 5.89. The molecule has 0 aliphatic rings. The normalized spacial score (nSPS) is 11.5. The first-order valence-corrected chi connectivity index (χ1v) is 7.35. The van der Waals surface area contributed by atoms with Crippen molar-refractivity contribution in [1.29, 1.82) is 0 Å². The molecule has 1 heterocycles. The lowest BCUT2D eigenvalue weighted by atomic mass is 10.00. The molecule has 0 saturated carbocycles. The lowest BCUT2D eigenvalue weighted by Crippen LogP contribution is -1.93. The van der Waals surface area contributed by atoms with E-state index in [1.165, 1.54) is 24.0 Å². The summed E-state index contributed by atoms with van der Waals surface area (Å²) in [7, 11) is 0. The SMILES string of the molecule is Cc1ccc(/C=C(\c2cccc([N+](=O)[O-])c2)c2ncno2)cc1C. The van der Waals surface area contributed by atoms with Gasteiger partial charge in [0.25, 0.3) is 11.6 Å². The molecule has 0 radical (unpaired) electrons. The molecule has 0 N–H and O–H groups in total. The van der Waals surface area contributed by atoms with Crippen molar-refractivity contribution in [3.63, 3.8) is 0 Å². The van der Waals surface area contributed by atoms with Crippen LogP contribution in [-0.4, -0.2) is 15.1 Å². The molecule has 0 aliphatic heterocycles. The summed E-state index contributed by atoms with van der Waals surface area (Å²) >= 11 is 0. The zero-order chi connectivity index (χ0) is 17.1. The Morgan fingerprint density at radius 2 is 2.00 bits per heavy atom. The summed E-state index contributed by atoms with van der Waals surface area (Å²) in [5.41, 5.74) is 4.61. The maximum absolute atomic E-state index is 11.0. The number of benzene rings is 2. The molecule has 0 fully saturated rings. The third kappa shape index (κ3) is 3.22. The van der Waals surface area contributed by atoms with Crippen LogP contribution in [-0.2, 0) is 0 Å². The number of non-ortho nitro benzene ring substituents is 1. The van der Waals surface area contributed by atoms with Crippen LogP contribution in [0.1, 0.15) is 28.1 Å². The van der Waals surface area contributed by atoms with Crippen LogP contribution >= 0.6 is 0 Å². The van der Waals surface area contributed by atoms with Gasteiger partial charge in [-0.1, -0.05) is 35.5 Å². The summed E-state index contributed by atoms with van der Waals surface area (Å²) in [5.74, 6) is 0.314. The third-order valence-electron chi connectivity index (χ3n) is 3.80. The van der Waals surface area contributed by atoms with Crippen molar-refractivity contribution in [2.75, 3.05) is 0 Å². The van der Waals surface area contributed by atoms with E-state index in [1.807, 2.05) is 38.1 Å². The van der Waals surface area contributed by atoms with Gasteiger partial charge in [0, 0.05) is 17.7 Å². The zero-order valence-corrected chi connectivity index (χ0v) is 13.3. The van der Waals surface area contributed by atoms with Gasteiger partial charge in [-0.2, -0.15) is 4.98 Å². The molecule has 6 heteroatoms. The number of aromatic nitrogens is 2. The first-order valence-electron chi connectivity index (χ1n) is 7.35. The highest BCUT2D eigenvalue weighted by atomic mass is 16.6. The van der Waals surface area contributed by atoms with Gasteiger partial charge < -0.3 is 4.52 Å². The predicted octanol–water partition coefficient (Wildman–Crippen LogP) is 4.18. The van der Waals surface area contributed by atoms with Crippen LogP contribution in [0.3, 0.4) is 0 Å². The Labute approximate surface area is 138 Å². The van der Waals surface area contributed by atoms with E-state index in [0.29, 0.717) is 17.0 Å². The van der Waals surface area contributed by atoms with Gasteiger partial charge in [-0.15, -0.1) is 0 Å². The lowest BCUT2D eigenvalue weighted by molar-refractivity contribution is -0.384. The van der Waals surface area contributed by atoms with E-state index in [-0.39, 0.29) is 5.69 Å². The molecule has 3 rings (SSSR count). The molecular weight excluding hydrogens is 306 g/mol. The van der Waals surface area contributed by atoms with E-state index >= 15 is 0 Å². The lowest BCUT2D eigenvalue weighted by Gasteiger charge is -2.06. The summed E-state index contributed by atoms with van der Waals surface area (Å²) in [4.78, 5) is 14.7. The zero-order valence-electron chi connectivity index (χ0n) is 13.3. The van der Waals surface area contributed by atoms with Crippen LogP contribution in [0, 0.1) is 24.0 Å². The van der Waals surface area contributed by atoms with E-state index < -0.39 is 4.92 Å². The standard InChI is InChI=1S/C18H15N3O3/c1-12-6-7-14(8-13(12)2)9-17(18-19-11-20-24-18)15-4-3-5-16(10-15)21(22)23/h3-11H,1-2H3/b17-9+. The van der Waals surface area contributed by atoms with Gasteiger partial charge in [0.05, 0.1) is 4.92 Å². The molecule has 0 atom stereocenters. The van der Waals surface area contributed by atoms with E-state index in [1.54, 1.807) is 12.1 Å². The van der Waals surface area contributed by atoms with Crippen molar-refractivity contribution in [2.45, 2.75) is 13.8 Å². The van der Waals surface area contributed by atoms with Gasteiger partial charge in [0.2, 0.25) is 0 Å². The average Bonchev–Trinajstić information content (AvgIpc) is 3.10. The number of rotatable bonds is 4. The Balaban J connectivity index is 2.14. The molecule has 0 spiro atoms. The number of nitro benzene ring substituents is 1. The molecule has 0 bridgehead atoms. The topological polar surface area (TPSA) is 82.1 Å². The van der Waals surface area contributed by atoms with Crippen LogP contribution in [0.15, 0.2) is 53.3 Å². The predicted molar refractivity (Wildman–Crippen MR) is 90.3 cm³/mol. The first-order chi connectivity index (χ1) is 11.5. The van der Waals surface area contributed by atoms with Crippen LogP contribution in [0.5, 0.6) is 0 Å². The molecule has 0 aliphatic carbocycles. The van der Waals surface area contributed by atoms with Gasteiger partial charge in [-0.05, 0) is 42.2 Å². The Hall–Kier alpha value is -3.28. The smallest absolute Gasteiger partial charge is 0.270 e. The van der Waals surface area contributed by atoms with E-state index in [2.05, 4.69) is 10.1 Å². The Bertz CT molecular complexity index is 915. The molecule has 120 valence electrons. The van der Waals surface area contributed by atoms with Crippen LogP contribution < -0.4 is 0 Å². The molecule has 24 heavy (non-hydrogen) atoms. The highest BCUT2D eigenvalue weighted by Gasteiger charge is 2.14. The number of hydrogen-bond donors (Lipinski definition) is 0. The van der Waals surface area contributed by atoms with Crippen LogP contribution in [0.2, 0.25) is 0 Å². The van der Waals surface area contributed by atoms with Gasteiger partial charge in [0.15, 0.2) is 6.33 Å². The third-order valence-corrected chi connectivity index (χ3v) is 3.80. The largest absolute Gasteiger partial charge is 0.334 e. The fourth-order valence-electron chi connectivity index (χ4n) is 2.37. The van der Waals surface area contributed by atoms with Crippen molar-refractivity contribution < 1.29 is 9.45 Å². The summed E-state index contributed by atoms with van der Waals surface area (Å²) in [6.45, 7) is 4.08. The first kappa shape index (κ1) is 15.6. The second kappa shape index (κ2) is 6.45. The van der Waals surface area contributed by atoms with Gasteiger partial charge in [-0.3, -0.25) is 10.1 Å². The highest BCUT2D eigenvalue weighted by Crippen LogP contribution is 2.27. The van der Waals surface area contributed by atoms with Crippen molar-refractivity contribution in [3.8, 4) is 0 Å². The maximum Gasteiger partial charge on any atom is 0.270 e. The maximum atomic E-state index is 11.0. The summed E-state index contributed by atoms with van der Waals surface area (Å²) in [5, 5.41) is 14.7. The number of hydrogen-bond acceptors (Lipinski definition) is 5. The molecule has 6 nitrogen and oxygen atoms in total. The Kier molecular flexibility index (Phi) is 4.20. The molecule has 3 aromatic rings. The van der Waals surface area contributed by atoms with Gasteiger partial charge in [0.1, 0.15) is 0 Å². The van der Waals surface area contributed by atoms with Crippen molar-refractivity contribution in [3.05, 3.63) is 87.1 Å². The quantitative estimate of drug-likeness (QED) is 0.409. The van der Waals surface area contributed by atoms with E-state index in [0.717, 1.165) is 11.1 Å². The summed E-state index contributed by atoms with van der Waals surface area (Å²) < 4.78 is 5.18. The van der Waals surface area contributed by atoms with E-state index in [9.17, 15) is 10.1 Å². The molecule has 1 aromatic heterocycles. The van der Waals surface area contributed by atoms with Crippen molar-refractivity contribution in [1.82, 2.24) is 10.1 Å². The fraction of sp³-hybridized carbons (Fsp3) is 0.111. The molecule has 2 aromatic carbocycles. The molecule has 0 amide bonds. The second-order valence-electron chi connectivity index (χ2n) is 5.46. The fourth-order valence-corrected chi connectivity index (χ4v) is 2.37. The Morgan fingerprint density at radius 1 is 1.17 bits per heavy atom. The minimum Gasteiger partial charge on any atom is -0.334 e. The van der Waals surface area contributed by atoms with Crippen LogP contribution in [0.4, 0.5) is 5.69 Å². The van der Waals surface area contributed by atoms with Crippen molar-refractivity contribution >= 4 is 17.3 Å². The van der Waals surface area contributed by atoms with Crippen LogP contribution in [0.25, 0.3) is 11.6 Å². The van der Waals surface area contributed by atoms with E-state index in [4.69, 9.17) is 4.52 Å².